The van der Waals surface area contributed by atoms with Crippen molar-refractivity contribution in [3.05, 3.63) is 63.4 Å². The van der Waals surface area contributed by atoms with Crippen molar-refractivity contribution in [2.75, 3.05) is 0 Å². The minimum absolute atomic E-state index is 0.0146. The fraction of sp³-hybridized carbons (Fsp3) is 0.200. The molecule has 0 amide bonds. The van der Waals surface area contributed by atoms with Crippen molar-refractivity contribution in [2.24, 2.45) is 0 Å². The molecule has 5 heteroatoms. The van der Waals surface area contributed by atoms with E-state index in [4.69, 9.17) is 27.9 Å². The number of benzene rings is 2. The number of aliphatic hydroxyl groups is 1. The van der Waals surface area contributed by atoms with Gasteiger partial charge in [0.15, 0.2) is 0 Å². The molecule has 0 heterocycles. The van der Waals surface area contributed by atoms with Crippen LogP contribution in [0.4, 0.5) is 4.39 Å². The lowest BCUT2D eigenvalue weighted by atomic mass is 10.1. The molecule has 0 aromatic heterocycles. The molecule has 2 aromatic rings. The third kappa shape index (κ3) is 3.42. The van der Waals surface area contributed by atoms with E-state index in [0.717, 1.165) is 0 Å². The van der Waals surface area contributed by atoms with Gasteiger partial charge < -0.3 is 9.84 Å². The van der Waals surface area contributed by atoms with E-state index in [9.17, 15) is 9.50 Å². The second kappa shape index (κ2) is 6.44. The molecule has 1 N–H and O–H groups in total. The molecule has 0 saturated carbocycles. The highest BCUT2D eigenvalue weighted by atomic mass is 35.5. The van der Waals surface area contributed by atoms with Gasteiger partial charge in [0.05, 0.1) is 16.1 Å². The van der Waals surface area contributed by atoms with Crippen LogP contribution in [0.5, 0.6) is 5.75 Å². The smallest absolute Gasteiger partial charge is 0.138 e. The monoisotopic (exact) mass is 314 g/mol. The first kappa shape index (κ1) is 15.1. The van der Waals surface area contributed by atoms with Crippen molar-refractivity contribution in [3.8, 4) is 5.75 Å². The number of rotatable bonds is 4. The van der Waals surface area contributed by atoms with Crippen molar-refractivity contribution < 1.29 is 14.2 Å². The third-order valence-electron chi connectivity index (χ3n) is 2.87. The Morgan fingerprint density at radius 2 is 1.95 bits per heavy atom. The van der Waals surface area contributed by atoms with Crippen molar-refractivity contribution in [3.63, 3.8) is 0 Å². The van der Waals surface area contributed by atoms with Crippen molar-refractivity contribution in [2.45, 2.75) is 19.6 Å². The van der Waals surface area contributed by atoms with E-state index in [-0.39, 0.29) is 12.2 Å². The molecule has 0 aliphatic heterocycles. The van der Waals surface area contributed by atoms with Crippen LogP contribution in [-0.2, 0) is 6.61 Å². The Kier molecular flexibility index (Phi) is 4.86. The maximum absolute atomic E-state index is 13.6. The van der Waals surface area contributed by atoms with Gasteiger partial charge in [-0.3, -0.25) is 0 Å². The number of halogens is 3. The molecular weight excluding hydrogens is 302 g/mol. The highest BCUT2D eigenvalue weighted by Gasteiger charge is 2.10. The van der Waals surface area contributed by atoms with Gasteiger partial charge in [0, 0.05) is 5.56 Å². The van der Waals surface area contributed by atoms with Crippen LogP contribution in [0.25, 0.3) is 0 Å². The summed E-state index contributed by atoms with van der Waals surface area (Å²) in [4.78, 5) is 0. The Labute approximate surface area is 126 Å². The molecule has 0 radical (unpaired) electrons. The van der Waals surface area contributed by atoms with Gasteiger partial charge in [-0.05, 0) is 36.8 Å². The first-order valence-electron chi connectivity index (χ1n) is 6.02. The van der Waals surface area contributed by atoms with Crippen LogP contribution < -0.4 is 4.74 Å². The van der Waals surface area contributed by atoms with Crippen LogP contribution in [0.3, 0.4) is 0 Å². The van der Waals surface area contributed by atoms with Gasteiger partial charge in [-0.2, -0.15) is 0 Å². The molecule has 2 nitrogen and oxygen atoms in total. The summed E-state index contributed by atoms with van der Waals surface area (Å²) in [7, 11) is 0. The van der Waals surface area contributed by atoms with Crippen LogP contribution >= 0.6 is 23.2 Å². The van der Waals surface area contributed by atoms with Gasteiger partial charge in [-0.1, -0.05) is 35.3 Å². The van der Waals surface area contributed by atoms with Crippen LogP contribution in [0.1, 0.15) is 24.2 Å². The molecule has 20 heavy (non-hydrogen) atoms. The van der Waals surface area contributed by atoms with E-state index in [1.54, 1.807) is 31.2 Å². The fourth-order valence-electron chi connectivity index (χ4n) is 1.71. The first-order chi connectivity index (χ1) is 9.49. The Hall–Kier alpha value is -1.29. The van der Waals surface area contributed by atoms with Gasteiger partial charge in [-0.15, -0.1) is 0 Å². The summed E-state index contributed by atoms with van der Waals surface area (Å²) >= 11 is 12.0. The van der Waals surface area contributed by atoms with Gasteiger partial charge >= 0.3 is 0 Å². The lowest BCUT2D eigenvalue weighted by Gasteiger charge is -2.12. The average Bonchev–Trinajstić information content (AvgIpc) is 2.39. The summed E-state index contributed by atoms with van der Waals surface area (Å²) in [6.45, 7) is 1.63. The van der Waals surface area contributed by atoms with Crippen molar-refractivity contribution in [1.29, 1.82) is 0 Å². The second-order valence-corrected chi connectivity index (χ2v) is 5.17. The lowest BCUT2D eigenvalue weighted by molar-refractivity contribution is 0.199. The van der Waals surface area contributed by atoms with Crippen LogP contribution in [0.2, 0.25) is 10.0 Å². The van der Waals surface area contributed by atoms with Gasteiger partial charge in [0.25, 0.3) is 0 Å². The van der Waals surface area contributed by atoms with Gasteiger partial charge in [0.2, 0.25) is 0 Å². The average molecular weight is 315 g/mol. The van der Waals surface area contributed by atoms with Crippen LogP contribution in [0.15, 0.2) is 36.4 Å². The van der Waals surface area contributed by atoms with Crippen molar-refractivity contribution in [1.82, 2.24) is 0 Å². The van der Waals surface area contributed by atoms with Crippen LogP contribution in [0, 0.1) is 5.82 Å². The molecule has 2 aromatic carbocycles. The molecule has 106 valence electrons. The largest absolute Gasteiger partial charge is 0.487 e. The van der Waals surface area contributed by atoms with E-state index in [2.05, 4.69) is 0 Å². The summed E-state index contributed by atoms with van der Waals surface area (Å²) in [5, 5.41) is 10.1. The van der Waals surface area contributed by atoms with Crippen molar-refractivity contribution >= 4 is 23.2 Å². The zero-order valence-electron chi connectivity index (χ0n) is 10.7. The predicted molar refractivity (Wildman–Crippen MR) is 77.8 cm³/mol. The second-order valence-electron chi connectivity index (χ2n) is 4.35. The van der Waals surface area contributed by atoms with E-state index in [0.29, 0.717) is 21.4 Å². The molecule has 0 aliphatic carbocycles. The molecule has 1 atom stereocenters. The standard InChI is InChI=1S/C15H13Cl2FO2/c1-9(19)10-5-6-15(13(17)7-10)20-8-11-12(16)3-2-4-14(11)18/h2-7,9,19H,8H2,1H3/t9-/m1/s1. The SMILES string of the molecule is C[C@@H](O)c1ccc(OCc2c(F)cccc2Cl)c(Cl)c1. The van der Waals surface area contributed by atoms with Gasteiger partial charge in [-0.25, -0.2) is 4.39 Å². The Morgan fingerprint density at radius 3 is 2.55 bits per heavy atom. The minimum atomic E-state index is -0.609. The summed E-state index contributed by atoms with van der Waals surface area (Å²) in [6.07, 6.45) is -0.609. The number of aliphatic hydroxyl groups excluding tert-OH is 1. The molecular formula is C15H13Cl2FO2. The molecule has 0 spiro atoms. The zero-order chi connectivity index (χ0) is 14.7. The molecule has 2 rings (SSSR count). The Morgan fingerprint density at radius 1 is 1.20 bits per heavy atom. The molecule has 0 bridgehead atoms. The predicted octanol–water partition coefficient (Wildman–Crippen LogP) is 4.76. The molecule has 0 aliphatic rings. The van der Waals surface area contributed by atoms with E-state index in [1.165, 1.54) is 12.1 Å². The zero-order valence-corrected chi connectivity index (χ0v) is 12.2. The maximum Gasteiger partial charge on any atom is 0.138 e. The highest BCUT2D eigenvalue weighted by molar-refractivity contribution is 6.32. The Balaban J connectivity index is 2.15. The lowest BCUT2D eigenvalue weighted by Crippen LogP contribution is -2.00. The molecule has 0 fully saturated rings. The normalized spacial score (nSPS) is 12.2. The number of ether oxygens (including phenoxy) is 1. The van der Waals surface area contributed by atoms with E-state index < -0.39 is 11.9 Å². The summed E-state index contributed by atoms with van der Waals surface area (Å²) in [5.41, 5.74) is 0.969. The van der Waals surface area contributed by atoms with E-state index in [1.807, 2.05) is 0 Å². The summed E-state index contributed by atoms with van der Waals surface area (Å²) < 4.78 is 19.1. The first-order valence-corrected chi connectivity index (χ1v) is 6.78. The highest BCUT2D eigenvalue weighted by Crippen LogP contribution is 2.29. The minimum Gasteiger partial charge on any atom is -0.487 e. The third-order valence-corrected chi connectivity index (χ3v) is 3.52. The maximum atomic E-state index is 13.6. The number of hydrogen-bond donors (Lipinski definition) is 1. The van der Waals surface area contributed by atoms with Gasteiger partial charge in [0.1, 0.15) is 18.2 Å². The van der Waals surface area contributed by atoms with E-state index >= 15 is 0 Å². The summed E-state index contributed by atoms with van der Waals surface area (Å²) in [6, 6.07) is 9.41. The topological polar surface area (TPSA) is 29.5 Å². The van der Waals surface area contributed by atoms with Crippen LogP contribution in [-0.4, -0.2) is 5.11 Å². The molecule has 0 unspecified atom stereocenters. The number of hydrogen-bond acceptors (Lipinski definition) is 2. The summed E-state index contributed by atoms with van der Waals surface area (Å²) in [5.74, 6) is -0.00962. The Bertz CT molecular complexity index is 595. The fourth-order valence-corrected chi connectivity index (χ4v) is 2.18. The quantitative estimate of drug-likeness (QED) is 0.881. The molecule has 0 saturated heterocycles.